The molecule has 0 N–H and O–H groups in total. The lowest BCUT2D eigenvalue weighted by atomic mass is 10.0. The van der Waals surface area contributed by atoms with Crippen LogP contribution in [0.3, 0.4) is 0 Å². The molecular formula is C15H16ClN3O. The summed E-state index contributed by atoms with van der Waals surface area (Å²) in [6.07, 6.45) is 1.20. The number of hydrogen-bond acceptors (Lipinski definition) is 4. The van der Waals surface area contributed by atoms with Gasteiger partial charge in [-0.2, -0.15) is 10.5 Å². The molecule has 0 spiro atoms. The quantitative estimate of drug-likeness (QED) is 0.808. The van der Waals surface area contributed by atoms with Crippen molar-refractivity contribution in [3.8, 4) is 17.9 Å². The Morgan fingerprint density at radius 1 is 1.35 bits per heavy atom. The van der Waals surface area contributed by atoms with E-state index >= 15 is 0 Å². The van der Waals surface area contributed by atoms with Crippen molar-refractivity contribution >= 4 is 11.6 Å². The second-order valence-electron chi connectivity index (χ2n) is 4.91. The Morgan fingerprint density at radius 2 is 2.10 bits per heavy atom. The summed E-state index contributed by atoms with van der Waals surface area (Å²) < 4.78 is 5.80. The molecule has 1 aromatic carbocycles. The third-order valence-electron chi connectivity index (χ3n) is 3.32. The third-order valence-corrected chi connectivity index (χ3v) is 3.63. The summed E-state index contributed by atoms with van der Waals surface area (Å²) in [5.41, 5.74) is 0. The minimum Gasteiger partial charge on any atom is -0.486 e. The topological polar surface area (TPSA) is 60.0 Å². The van der Waals surface area contributed by atoms with Crippen LogP contribution in [0, 0.1) is 28.6 Å². The first-order valence-corrected chi connectivity index (χ1v) is 7.01. The Labute approximate surface area is 124 Å². The normalized spacial score (nSPS) is 16.8. The number of para-hydroxylation sites is 1. The lowest BCUT2D eigenvalue weighted by molar-refractivity contribution is 0.0140. The van der Waals surface area contributed by atoms with Gasteiger partial charge in [0.25, 0.3) is 0 Å². The minimum atomic E-state index is -0.0732. The molecule has 0 radical (unpaired) electrons. The van der Waals surface area contributed by atoms with Gasteiger partial charge in [0.2, 0.25) is 0 Å². The molecule has 0 unspecified atom stereocenters. The van der Waals surface area contributed by atoms with Gasteiger partial charge in [0.05, 0.1) is 23.1 Å². The van der Waals surface area contributed by atoms with Crippen molar-refractivity contribution in [1.82, 2.24) is 4.90 Å². The lowest BCUT2D eigenvalue weighted by Crippen LogP contribution is -2.54. The van der Waals surface area contributed by atoms with Gasteiger partial charge in [0.1, 0.15) is 11.9 Å². The van der Waals surface area contributed by atoms with Gasteiger partial charge in [0, 0.05) is 26.1 Å². The number of benzene rings is 1. The summed E-state index contributed by atoms with van der Waals surface area (Å²) >= 11 is 6.04. The van der Waals surface area contributed by atoms with Gasteiger partial charge in [-0.25, -0.2) is 0 Å². The van der Waals surface area contributed by atoms with Gasteiger partial charge in [-0.15, -0.1) is 0 Å². The number of halogens is 1. The molecule has 1 aliphatic heterocycles. The van der Waals surface area contributed by atoms with E-state index in [9.17, 15) is 0 Å². The Morgan fingerprint density at radius 3 is 2.75 bits per heavy atom. The molecule has 1 atom stereocenters. The Bertz CT molecular complexity index is 529. The monoisotopic (exact) mass is 289 g/mol. The van der Waals surface area contributed by atoms with Crippen molar-refractivity contribution < 1.29 is 4.74 Å². The molecule has 1 saturated heterocycles. The maximum atomic E-state index is 9.02. The maximum absolute atomic E-state index is 9.02. The summed E-state index contributed by atoms with van der Waals surface area (Å²) in [6.45, 7) is 2.31. The van der Waals surface area contributed by atoms with E-state index in [1.807, 2.05) is 18.2 Å². The predicted molar refractivity (Wildman–Crippen MR) is 76.3 cm³/mol. The van der Waals surface area contributed by atoms with Crippen LogP contribution in [0.1, 0.15) is 12.8 Å². The standard InChI is InChI=1S/C15H16ClN3O/c16-14-5-1-2-6-15(14)20-13-10-19(11-13)9-12(8-18)4-3-7-17/h1-2,5-6,12-13H,3-4,9-11H2/t12-/m1/s1. The van der Waals surface area contributed by atoms with E-state index in [0.29, 0.717) is 30.2 Å². The van der Waals surface area contributed by atoms with Crippen molar-refractivity contribution in [1.29, 1.82) is 10.5 Å². The molecule has 1 heterocycles. The molecule has 0 bridgehead atoms. The molecule has 104 valence electrons. The van der Waals surface area contributed by atoms with Crippen molar-refractivity contribution in [2.24, 2.45) is 5.92 Å². The minimum absolute atomic E-state index is 0.0732. The van der Waals surface area contributed by atoms with Crippen molar-refractivity contribution in [3.05, 3.63) is 29.3 Å². The van der Waals surface area contributed by atoms with Crippen LogP contribution in [0.2, 0.25) is 5.02 Å². The first-order chi connectivity index (χ1) is 9.72. The first kappa shape index (κ1) is 14.7. The van der Waals surface area contributed by atoms with Crippen molar-refractivity contribution in [3.63, 3.8) is 0 Å². The Kier molecular flexibility index (Phi) is 5.24. The van der Waals surface area contributed by atoms with Gasteiger partial charge in [-0.05, 0) is 18.6 Å². The summed E-state index contributed by atoms with van der Waals surface area (Å²) in [4.78, 5) is 2.17. The number of rotatable bonds is 6. The fourth-order valence-electron chi connectivity index (χ4n) is 2.21. The van der Waals surface area contributed by atoms with Gasteiger partial charge < -0.3 is 4.74 Å². The smallest absolute Gasteiger partial charge is 0.138 e. The second kappa shape index (κ2) is 7.14. The van der Waals surface area contributed by atoms with E-state index in [4.69, 9.17) is 26.9 Å². The van der Waals surface area contributed by atoms with Gasteiger partial charge in [0.15, 0.2) is 0 Å². The second-order valence-corrected chi connectivity index (χ2v) is 5.32. The maximum Gasteiger partial charge on any atom is 0.138 e. The van der Waals surface area contributed by atoms with E-state index in [1.165, 1.54) is 0 Å². The zero-order chi connectivity index (χ0) is 14.4. The highest BCUT2D eigenvalue weighted by molar-refractivity contribution is 6.32. The fraction of sp³-hybridized carbons (Fsp3) is 0.467. The van der Waals surface area contributed by atoms with Crippen molar-refractivity contribution in [2.75, 3.05) is 19.6 Å². The average molecular weight is 290 g/mol. The molecular weight excluding hydrogens is 274 g/mol. The molecule has 1 aromatic rings. The number of hydrogen-bond donors (Lipinski definition) is 0. The molecule has 1 fully saturated rings. The largest absolute Gasteiger partial charge is 0.486 e. The number of nitriles is 2. The van der Waals surface area contributed by atoms with Crippen molar-refractivity contribution in [2.45, 2.75) is 18.9 Å². The van der Waals surface area contributed by atoms with Crippen LogP contribution < -0.4 is 4.74 Å². The average Bonchev–Trinajstić information content (AvgIpc) is 2.42. The number of ether oxygens (including phenoxy) is 1. The van der Waals surface area contributed by atoms with Crippen LogP contribution in [-0.2, 0) is 0 Å². The molecule has 4 nitrogen and oxygen atoms in total. The van der Waals surface area contributed by atoms with Crippen LogP contribution in [-0.4, -0.2) is 30.6 Å². The highest BCUT2D eigenvalue weighted by Gasteiger charge is 2.30. The van der Waals surface area contributed by atoms with Crippen LogP contribution in [0.4, 0.5) is 0 Å². The fourth-order valence-corrected chi connectivity index (χ4v) is 2.39. The van der Waals surface area contributed by atoms with Gasteiger partial charge in [-0.1, -0.05) is 23.7 Å². The van der Waals surface area contributed by atoms with Crippen LogP contribution >= 0.6 is 11.6 Å². The highest BCUT2D eigenvalue weighted by Crippen LogP contribution is 2.26. The third kappa shape index (κ3) is 3.87. The van der Waals surface area contributed by atoms with E-state index in [0.717, 1.165) is 13.1 Å². The Balaban J connectivity index is 1.74. The molecule has 0 saturated carbocycles. The first-order valence-electron chi connectivity index (χ1n) is 6.63. The van der Waals surface area contributed by atoms with E-state index in [1.54, 1.807) is 6.07 Å². The molecule has 0 aliphatic carbocycles. The SMILES string of the molecule is N#CCC[C@H](C#N)CN1CC(Oc2ccccc2Cl)C1. The van der Waals surface area contributed by atoms with E-state index in [2.05, 4.69) is 17.0 Å². The summed E-state index contributed by atoms with van der Waals surface area (Å²) in [7, 11) is 0. The summed E-state index contributed by atoms with van der Waals surface area (Å²) in [5.74, 6) is 0.635. The zero-order valence-electron chi connectivity index (χ0n) is 11.1. The molecule has 1 aliphatic rings. The number of nitrogens with zero attached hydrogens (tertiary/aromatic N) is 3. The van der Waals surface area contributed by atoms with Crippen LogP contribution in [0.25, 0.3) is 0 Å². The van der Waals surface area contributed by atoms with E-state index in [-0.39, 0.29) is 12.0 Å². The Hall–Kier alpha value is -1.75. The van der Waals surface area contributed by atoms with Crippen LogP contribution in [0.5, 0.6) is 5.75 Å². The molecule has 2 rings (SSSR count). The zero-order valence-corrected chi connectivity index (χ0v) is 11.9. The highest BCUT2D eigenvalue weighted by atomic mass is 35.5. The molecule has 0 amide bonds. The summed E-state index contributed by atoms with van der Waals surface area (Å²) in [5, 5.41) is 18.2. The van der Waals surface area contributed by atoms with E-state index < -0.39 is 0 Å². The van der Waals surface area contributed by atoms with Gasteiger partial charge >= 0.3 is 0 Å². The molecule has 0 aromatic heterocycles. The van der Waals surface area contributed by atoms with Crippen LogP contribution in [0.15, 0.2) is 24.3 Å². The summed E-state index contributed by atoms with van der Waals surface area (Å²) in [6, 6.07) is 11.8. The predicted octanol–water partition coefficient (Wildman–Crippen LogP) is 2.85. The van der Waals surface area contributed by atoms with Gasteiger partial charge in [-0.3, -0.25) is 4.90 Å². The number of likely N-dealkylation sites (tertiary alicyclic amines) is 1. The lowest BCUT2D eigenvalue weighted by Gasteiger charge is -2.39. The molecule has 20 heavy (non-hydrogen) atoms. The molecule has 5 heteroatoms.